The van der Waals surface area contributed by atoms with Crippen LogP contribution in [0.5, 0.6) is 0 Å². The summed E-state index contributed by atoms with van der Waals surface area (Å²) in [5.74, 6) is -0.0703. The second-order valence-corrected chi connectivity index (χ2v) is 7.55. The van der Waals surface area contributed by atoms with Crippen molar-refractivity contribution in [3.8, 4) is 10.8 Å². The van der Waals surface area contributed by atoms with E-state index in [1.54, 1.807) is 23.3 Å². The third kappa shape index (κ3) is 3.14. The highest BCUT2D eigenvalue weighted by Crippen LogP contribution is 2.31. The Morgan fingerprint density at radius 3 is 2.70 bits per heavy atom. The predicted molar refractivity (Wildman–Crippen MR) is 100 cm³/mol. The van der Waals surface area contributed by atoms with Crippen molar-refractivity contribution in [2.45, 2.75) is 25.9 Å². The Hall–Kier alpha value is -2.93. The number of hydrogen-bond acceptors (Lipinski definition) is 6. The van der Waals surface area contributed by atoms with Crippen LogP contribution in [0.2, 0.25) is 0 Å². The van der Waals surface area contributed by atoms with Gasteiger partial charge in [-0.05, 0) is 30.2 Å². The fourth-order valence-electron chi connectivity index (χ4n) is 3.32. The van der Waals surface area contributed by atoms with Gasteiger partial charge in [-0.3, -0.25) is 4.79 Å². The SMILES string of the molecule is COC(=O)[C@H]1Cc2ccccc2CN1C(=O)c1nc(-c2ccco2)sc1C. The number of aromatic nitrogens is 1. The summed E-state index contributed by atoms with van der Waals surface area (Å²) in [6.45, 7) is 2.20. The maximum absolute atomic E-state index is 13.3. The van der Waals surface area contributed by atoms with Gasteiger partial charge in [0.15, 0.2) is 10.8 Å². The first-order valence-corrected chi connectivity index (χ1v) is 9.37. The van der Waals surface area contributed by atoms with Crippen molar-refractivity contribution in [2.24, 2.45) is 0 Å². The number of furan rings is 1. The minimum Gasteiger partial charge on any atom is -0.467 e. The molecule has 0 aliphatic carbocycles. The van der Waals surface area contributed by atoms with E-state index in [0.29, 0.717) is 29.4 Å². The Morgan fingerprint density at radius 2 is 2.00 bits per heavy atom. The number of fused-ring (bicyclic) bond motifs is 1. The van der Waals surface area contributed by atoms with Crippen LogP contribution in [0, 0.1) is 6.92 Å². The standard InChI is InChI=1S/C20H18N2O4S/c1-12-17(21-18(27-12)16-8-5-9-26-16)19(23)22-11-14-7-4-3-6-13(14)10-15(22)20(24)25-2/h3-9,15H,10-11H2,1-2H3/t15-/m1/s1. The summed E-state index contributed by atoms with van der Waals surface area (Å²) in [4.78, 5) is 32.5. The van der Waals surface area contributed by atoms with Gasteiger partial charge in [-0.15, -0.1) is 11.3 Å². The lowest BCUT2D eigenvalue weighted by Crippen LogP contribution is -2.49. The largest absolute Gasteiger partial charge is 0.467 e. The maximum Gasteiger partial charge on any atom is 0.328 e. The number of carbonyl (C=O) groups excluding carboxylic acids is 2. The van der Waals surface area contributed by atoms with Gasteiger partial charge in [0.2, 0.25) is 0 Å². The zero-order valence-electron chi connectivity index (χ0n) is 15.0. The topological polar surface area (TPSA) is 72.6 Å². The molecule has 2 aromatic heterocycles. The molecular weight excluding hydrogens is 364 g/mol. The Bertz CT molecular complexity index is 993. The van der Waals surface area contributed by atoms with Gasteiger partial charge in [0, 0.05) is 17.8 Å². The highest BCUT2D eigenvalue weighted by Gasteiger charge is 2.37. The molecule has 0 saturated heterocycles. The van der Waals surface area contributed by atoms with Crippen molar-refractivity contribution < 1.29 is 18.7 Å². The summed E-state index contributed by atoms with van der Waals surface area (Å²) in [5.41, 5.74) is 2.44. The molecule has 0 radical (unpaired) electrons. The van der Waals surface area contributed by atoms with E-state index in [9.17, 15) is 9.59 Å². The van der Waals surface area contributed by atoms with Crippen molar-refractivity contribution in [1.29, 1.82) is 0 Å². The average Bonchev–Trinajstić information content (AvgIpc) is 3.35. The second kappa shape index (κ2) is 7.00. The first-order valence-electron chi connectivity index (χ1n) is 8.55. The van der Waals surface area contributed by atoms with Crippen LogP contribution in [-0.2, 0) is 22.5 Å². The number of carbonyl (C=O) groups is 2. The molecule has 27 heavy (non-hydrogen) atoms. The van der Waals surface area contributed by atoms with E-state index in [4.69, 9.17) is 9.15 Å². The number of rotatable bonds is 3. The van der Waals surface area contributed by atoms with Gasteiger partial charge in [0.1, 0.15) is 11.7 Å². The van der Waals surface area contributed by atoms with Crippen LogP contribution in [0.25, 0.3) is 10.8 Å². The monoisotopic (exact) mass is 382 g/mol. The molecule has 6 nitrogen and oxygen atoms in total. The molecule has 0 saturated carbocycles. The van der Waals surface area contributed by atoms with E-state index in [1.807, 2.05) is 31.2 Å². The van der Waals surface area contributed by atoms with E-state index in [1.165, 1.54) is 18.4 Å². The molecule has 0 bridgehead atoms. The van der Waals surface area contributed by atoms with Gasteiger partial charge in [0.25, 0.3) is 5.91 Å². The minimum absolute atomic E-state index is 0.272. The number of ether oxygens (including phenoxy) is 1. The van der Waals surface area contributed by atoms with Crippen molar-refractivity contribution in [3.63, 3.8) is 0 Å². The van der Waals surface area contributed by atoms with E-state index >= 15 is 0 Å². The molecule has 7 heteroatoms. The fourth-order valence-corrected chi connectivity index (χ4v) is 4.19. The lowest BCUT2D eigenvalue weighted by molar-refractivity contribution is -0.146. The molecule has 1 aliphatic rings. The fraction of sp³-hybridized carbons (Fsp3) is 0.250. The summed E-state index contributed by atoms with van der Waals surface area (Å²) in [7, 11) is 1.34. The number of benzene rings is 1. The van der Waals surface area contributed by atoms with Crippen LogP contribution in [0.3, 0.4) is 0 Å². The Kier molecular flexibility index (Phi) is 4.53. The molecule has 0 N–H and O–H groups in total. The van der Waals surface area contributed by atoms with Crippen molar-refractivity contribution >= 4 is 23.2 Å². The predicted octanol–water partition coefficient (Wildman–Crippen LogP) is 3.45. The van der Waals surface area contributed by atoms with Gasteiger partial charge >= 0.3 is 5.97 Å². The van der Waals surface area contributed by atoms with Crippen molar-refractivity contribution in [1.82, 2.24) is 9.88 Å². The molecule has 1 amide bonds. The molecule has 0 fully saturated rings. The lowest BCUT2D eigenvalue weighted by atomic mass is 9.93. The second-order valence-electron chi connectivity index (χ2n) is 6.35. The summed E-state index contributed by atoms with van der Waals surface area (Å²) < 4.78 is 10.3. The summed E-state index contributed by atoms with van der Waals surface area (Å²) in [6, 6.07) is 10.8. The Balaban J connectivity index is 1.70. The van der Waals surface area contributed by atoms with Crippen LogP contribution in [-0.4, -0.2) is 34.9 Å². The van der Waals surface area contributed by atoms with Crippen molar-refractivity contribution in [2.75, 3.05) is 7.11 Å². The molecular formula is C20H18N2O4S. The average molecular weight is 382 g/mol. The molecule has 4 rings (SSSR count). The van der Waals surface area contributed by atoms with Crippen LogP contribution in [0.4, 0.5) is 0 Å². The number of amides is 1. The summed E-state index contributed by atoms with van der Waals surface area (Å²) in [5, 5.41) is 0.646. The maximum atomic E-state index is 13.3. The zero-order chi connectivity index (χ0) is 19.0. The quantitative estimate of drug-likeness (QED) is 0.649. The smallest absolute Gasteiger partial charge is 0.328 e. The summed E-state index contributed by atoms with van der Waals surface area (Å²) in [6.07, 6.45) is 2.01. The zero-order valence-corrected chi connectivity index (χ0v) is 15.8. The molecule has 0 unspecified atom stereocenters. The number of hydrogen-bond donors (Lipinski definition) is 0. The van der Waals surface area contributed by atoms with E-state index < -0.39 is 12.0 Å². The normalized spacial score (nSPS) is 16.1. The van der Waals surface area contributed by atoms with Gasteiger partial charge in [0.05, 0.1) is 13.4 Å². The number of esters is 1. The Morgan fingerprint density at radius 1 is 1.22 bits per heavy atom. The lowest BCUT2D eigenvalue weighted by Gasteiger charge is -2.34. The Labute approximate surface area is 160 Å². The molecule has 1 atom stereocenters. The van der Waals surface area contributed by atoms with Gasteiger partial charge < -0.3 is 14.1 Å². The number of thiazole rings is 1. The molecule has 3 aromatic rings. The first kappa shape index (κ1) is 17.5. The number of methoxy groups -OCH3 is 1. The van der Waals surface area contributed by atoms with Gasteiger partial charge in [-0.25, -0.2) is 9.78 Å². The third-order valence-corrected chi connectivity index (χ3v) is 5.70. The van der Waals surface area contributed by atoms with E-state index in [-0.39, 0.29) is 5.91 Å². The van der Waals surface area contributed by atoms with Crippen LogP contribution >= 0.6 is 11.3 Å². The molecule has 1 aliphatic heterocycles. The number of nitrogens with zero attached hydrogens (tertiary/aromatic N) is 2. The molecule has 1 aromatic carbocycles. The highest BCUT2D eigenvalue weighted by molar-refractivity contribution is 7.15. The first-order chi connectivity index (χ1) is 13.1. The van der Waals surface area contributed by atoms with Crippen LogP contribution in [0.15, 0.2) is 47.1 Å². The van der Waals surface area contributed by atoms with Gasteiger partial charge in [-0.2, -0.15) is 0 Å². The third-order valence-electron chi connectivity index (χ3n) is 4.71. The van der Waals surface area contributed by atoms with E-state index in [0.717, 1.165) is 16.0 Å². The van der Waals surface area contributed by atoms with Crippen LogP contribution in [0.1, 0.15) is 26.5 Å². The number of aryl methyl sites for hydroxylation is 1. The molecule has 0 spiro atoms. The summed E-state index contributed by atoms with van der Waals surface area (Å²) >= 11 is 1.40. The van der Waals surface area contributed by atoms with Crippen molar-refractivity contribution in [3.05, 3.63) is 64.4 Å². The molecule has 138 valence electrons. The van der Waals surface area contributed by atoms with Gasteiger partial charge in [-0.1, -0.05) is 24.3 Å². The van der Waals surface area contributed by atoms with E-state index in [2.05, 4.69) is 4.98 Å². The highest BCUT2D eigenvalue weighted by atomic mass is 32.1. The van der Waals surface area contributed by atoms with Crippen LogP contribution < -0.4 is 0 Å². The minimum atomic E-state index is -0.662. The molecule has 3 heterocycles.